The van der Waals surface area contributed by atoms with Crippen LogP contribution in [-0.2, 0) is 5.41 Å². The molecule has 2 nitrogen and oxygen atoms in total. The Morgan fingerprint density at radius 3 is 1.83 bits per heavy atom. The molecule has 0 spiro atoms. The van der Waals surface area contributed by atoms with Crippen LogP contribution in [0.5, 0.6) is 0 Å². The fourth-order valence-electron chi connectivity index (χ4n) is 8.80. The van der Waals surface area contributed by atoms with Gasteiger partial charge < -0.3 is 10.3 Å². The number of hydrogen-bond donors (Lipinski definition) is 1. The van der Waals surface area contributed by atoms with Gasteiger partial charge in [-0.25, -0.2) is 0 Å². The molecule has 9 aromatic rings. The highest BCUT2D eigenvalue weighted by Gasteiger charge is 2.35. The molecule has 8 aromatic carbocycles. The number of fused-ring (bicyclic) bond motifs is 7. The molecule has 0 saturated carbocycles. The minimum absolute atomic E-state index is 0.0417. The molecule has 1 aromatic heterocycles. The summed E-state index contributed by atoms with van der Waals surface area (Å²) < 4.78 is 2.45. The van der Waals surface area contributed by atoms with Gasteiger partial charge in [-0.05, 0) is 126 Å². The topological polar surface area (TPSA) is 30.9 Å². The molecule has 0 amide bonds. The van der Waals surface area contributed by atoms with Crippen LogP contribution in [0.2, 0.25) is 0 Å². The maximum Gasteiger partial charge on any atom is 0.0547 e. The summed E-state index contributed by atoms with van der Waals surface area (Å²) in [5, 5.41) is 6.99. The van der Waals surface area contributed by atoms with Crippen molar-refractivity contribution in [3.05, 3.63) is 217 Å². The number of allylic oxidation sites excluding steroid dienone is 3. The fraction of sp³-hybridized carbons (Fsp3) is 0.0877. The average Bonchev–Trinajstić information content (AvgIpc) is 3.74. The second kappa shape index (κ2) is 16.1. The Morgan fingerprint density at radius 1 is 0.533 bits per heavy atom. The van der Waals surface area contributed by atoms with Crippen molar-refractivity contribution in [2.45, 2.75) is 38.0 Å². The van der Waals surface area contributed by atoms with Crippen molar-refractivity contribution in [3.63, 3.8) is 0 Å². The van der Waals surface area contributed by atoms with Crippen molar-refractivity contribution < 1.29 is 0 Å². The van der Waals surface area contributed by atoms with Gasteiger partial charge in [0.05, 0.1) is 11.0 Å². The predicted molar refractivity (Wildman–Crippen MR) is 261 cm³/mol. The molecule has 292 valence electrons. The third-order valence-electron chi connectivity index (χ3n) is 11.8. The van der Waals surface area contributed by atoms with Gasteiger partial charge in [-0.2, -0.15) is 0 Å². The number of nitrogens with two attached hydrogens (primary N) is 1. The van der Waals surface area contributed by atoms with E-state index >= 15 is 0 Å². The van der Waals surface area contributed by atoms with E-state index in [1.807, 2.05) is 26.0 Å². The molecule has 0 atom stereocenters. The molecule has 1 heterocycles. The zero-order valence-electron chi connectivity index (χ0n) is 34.6. The lowest BCUT2D eigenvalue weighted by Gasteiger charge is -2.22. The third-order valence-corrected chi connectivity index (χ3v) is 12.6. The summed E-state index contributed by atoms with van der Waals surface area (Å²) in [6, 6.07) is 63.0. The number of nitrogens with zero attached hydrogens (tertiary/aromatic N) is 1. The van der Waals surface area contributed by atoms with Crippen LogP contribution in [0, 0.1) is 0 Å². The molecule has 1 aliphatic rings. The molecule has 0 saturated heterocycles. The van der Waals surface area contributed by atoms with Crippen LogP contribution >= 0.6 is 11.8 Å². The van der Waals surface area contributed by atoms with Crippen LogP contribution < -0.4 is 5.73 Å². The Hall–Kier alpha value is -6.81. The van der Waals surface area contributed by atoms with Gasteiger partial charge in [0.15, 0.2) is 0 Å². The van der Waals surface area contributed by atoms with Gasteiger partial charge in [-0.15, -0.1) is 0 Å². The van der Waals surface area contributed by atoms with Gasteiger partial charge >= 0.3 is 0 Å². The van der Waals surface area contributed by atoms with Gasteiger partial charge in [0.25, 0.3) is 0 Å². The second-order valence-electron chi connectivity index (χ2n) is 15.7. The molecule has 0 aliphatic heterocycles. The Kier molecular flexibility index (Phi) is 10.4. The van der Waals surface area contributed by atoms with E-state index in [9.17, 15) is 0 Å². The van der Waals surface area contributed by atoms with Gasteiger partial charge in [0, 0.05) is 32.5 Å². The first-order valence-electron chi connectivity index (χ1n) is 20.8. The highest BCUT2D eigenvalue weighted by atomic mass is 32.2. The molecule has 3 heteroatoms. The molecule has 0 radical (unpaired) electrons. The number of benzene rings is 8. The van der Waals surface area contributed by atoms with Crippen molar-refractivity contribution in [1.82, 2.24) is 4.57 Å². The van der Waals surface area contributed by atoms with E-state index < -0.39 is 0 Å². The molecule has 0 unspecified atom stereocenters. The predicted octanol–water partition coefficient (Wildman–Crippen LogP) is 15.9. The lowest BCUT2D eigenvalue weighted by Crippen LogP contribution is -2.14. The van der Waals surface area contributed by atoms with E-state index in [-0.39, 0.29) is 5.41 Å². The first-order valence-corrected chi connectivity index (χ1v) is 21.7. The summed E-state index contributed by atoms with van der Waals surface area (Å²) in [6.45, 7) is 12.4. The van der Waals surface area contributed by atoms with E-state index in [0.717, 1.165) is 5.69 Å². The first kappa shape index (κ1) is 38.7. The van der Waals surface area contributed by atoms with Crippen molar-refractivity contribution in [2.24, 2.45) is 5.73 Å². The lowest BCUT2D eigenvalue weighted by molar-refractivity contribution is 0.660. The van der Waals surface area contributed by atoms with Crippen LogP contribution in [0.25, 0.3) is 82.8 Å². The Labute approximate surface area is 358 Å². The van der Waals surface area contributed by atoms with Gasteiger partial charge in [-0.1, -0.05) is 180 Å². The molecule has 10 rings (SSSR count). The average molecular weight is 793 g/mol. The van der Waals surface area contributed by atoms with E-state index in [1.54, 1.807) is 17.8 Å². The SMILES string of the molecule is C=C(N)/C=C\C=C/Sc1ccc(-c2ccc3c4ccc(-c5cccc(-c6ccc7c(c6)C(C)(C)c6ccccc6-7)c5)cc4n(-c4ccc5ccccc5c4)c3c2)cc1.CC. The summed E-state index contributed by atoms with van der Waals surface area (Å²) in [7, 11) is 0. The van der Waals surface area contributed by atoms with Crippen LogP contribution in [0.1, 0.15) is 38.8 Å². The molecular weight excluding hydrogens is 745 g/mol. The minimum Gasteiger partial charge on any atom is -0.399 e. The first-order chi connectivity index (χ1) is 29.3. The Balaban J connectivity index is 0.00000228. The minimum atomic E-state index is -0.0417. The normalized spacial score (nSPS) is 12.9. The zero-order chi connectivity index (χ0) is 41.4. The molecule has 60 heavy (non-hydrogen) atoms. The van der Waals surface area contributed by atoms with Crippen molar-refractivity contribution in [3.8, 4) is 50.2 Å². The molecule has 0 bridgehead atoms. The van der Waals surface area contributed by atoms with Crippen LogP contribution in [0.15, 0.2) is 211 Å². The van der Waals surface area contributed by atoms with Crippen LogP contribution in [0.4, 0.5) is 0 Å². The monoisotopic (exact) mass is 792 g/mol. The van der Waals surface area contributed by atoms with E-state index in [4.69, 9.17) is 5.73 Å². The maximum absolute atomic E-state index is 5.64. The quantitative estimate of drug-likeness (QED) is 0.123. The smallest absolute Gasteiger partial charge is 0.0547 e. The van der Waals surface area contributed by atoms with Crippen LogP contribution in [-0.4, -0.2) is 4.57 Å². The zero-order valence-corrected chi connectivity index (χ0v) is 35.4. The molecular formula is C57H48N2S. The second-order valence-corrected chi connectivity index (χ2v) is 16.7. The third kappa shape index (κ3) is 7.06. The summed E-state index contributed by atoms with van der Waals surface area (Å²) >= 11 is 1.68. The van der Waals surface area contributed by atoms with Gasteiger partial charge in [-0.3, -0.25) is 0 Å². The van der Waals surface area contributed by atoms with E-state index in [2.05, 4.69) is 200 Å². The Bertz CT molecular complexity index is 3140. The number of rotatable bonds is 8. The number of aromatic nitrogens is 1. The summed E-state index contributed by atoms with van der Waals surface area (Å²) in [5.41, 5.74) is 22.4. The van der Waals surface area contributed by atoms with Crippen molar-refractivity contribution in [1.29, 1.82) is 0 Å². The van der Waals surface area contributed by atoms with Gasteiger partial charge in [0.1, 0.15) is 0 Å². The number of hydrogen-bond acceptors (Lipinski definition) is 2. The molecule has 0 fully saturated rings. The standard InChI is InChI=1S/C55H42N2S.C2H6/c1-36(56)11-8-9-30-58-46-25-19-38(20-26-46)43-22-28-49-50-29-23-44(35-54(50)57(53(49)34-43)45-24-18-37-12-4-5-13-41(37)32-45)40-15-10-14-39(31-40)42-21-27-48-47-16-6-7-17-51(47)55(2,3)52(48)33-42;1-2/h4-35H,1,56H2,2-3H3;1-2H3/b11-8-,30-9-;. The molecule has 1 aliphatic carbocycles. The summed E-state index contributed by atoms with van der Waals surface area (Å²) in [4.78, 5) is 1.17. The fourth-order valence-corrected chi connectivity index (χ4v) is 9.42. The Morgan fingerprint density at radius 2 is 1.12 bits per heavy atom. The highest BCUT2D eigenvalue weighted by Crippen LogP contribution is 2.49. The maximum atomic E-state index is 5.64. The van der Waals surface area contributed by atoms with Crippen LogP contribution in [0.3, 0.4) is 0 Å². The number of thioether (sulfide) groups is 1. The van der Waals surface area contributed by atoms with Gasteiger partial charge in [0.2, 0.25) is 0 Å². The lowest BCUT2D eigenvalue weighted by atomic mass is 9.81. The largest absolute Gasteiger partial charge is 0.399 e. The van der Waals surface area contributed by atoms with E-state index in [0.29, 0.717) is 5.70 Å². The van der Waals surface area contributed by atoms with Crippen molar-refractivity contribution in [2.75, 3.05) is 0 Å². The van der Waals surface area contributed by atoms with Crippen molar-refractivity contribution >= 4 is 44.3 Å². The van der Waals surface area contributed by atoms with E-state index in [1.165, 1.54) is 93.1 Å². The highest BCUT2D eigenvalue weighted by molar-refractivity contribution is 8.02. The summed E-state index contributed by atoms with van der Waals surface area (Å²) in [6.07, 6.45) is 5.68. The molecule has 2 N–H and O–H groups in total. The summed E-state index contributed by atoms with van der Waals surface area (Å²) in [5.74, 6) is 0.